The highest BCUT2D eigenvalue weighted by Gasteiger charge is 2.31. The van der Waals surface area contributed by atoms with E-state index in [1.807, 2.05) is 0 Å². The van der Waals surface area contributed by atoms with Crippen molar-refractivity contribution in [1.29, 1.82) is 0 Å². The summed E-state index contributed by atoms with van der Waals surface area (Å²) >= 11 is 0. The van der Waals surface area contributed by atoms with Gasteiger partial charge >= 0.3 is 5.97 Å². The zero-order chi connectivity index (χ0) is 16.0. The van der Waals surface area contributed by atoms with Crippen LogP contribution < -0.4 is 0 Å². The van der Waals surface area contributed by atoms with E-state index in [1.165, 1.54) is 16.7 Å². The van der Waals surface area contributed by atoms with Crippen LogP contribution in [0.1, 0.15) is 35.3 Å². The minimum atomic E-state index is -1.11. The lowest BCUT2D eigenvalue weighted by Gasteiger charge is -2.25. The molecule has 0 unspecified atom stereocenters. The zero-order valence-corrected chi connectivity index (χ0v) is 12.1. The van der Waals surface area contributed by atoms with Crippen LogP contribution in [0.5, 0.6) is 5.75 Å². The molecule has 1 fully saturated rings. The number of rotatable bonds is 3. The van der Waals surface area contributed by atoms with Crippen molar-refractivity contribution in [2.24, 2.45) is 5.92 Å². The fourth-order valence-electron chi connectivity index (χ4n) is 3.01. The van der Waals surface area contributed by atoms with Crippen LogP contribution in [0.4, 0.5) is 4.39 Å². The molecule has 2 aromatic rings. The van der Waals surface area contributed by atoms with Gasteiger partial charge < -0.3 is 10.2 Å². The van der Waals surface area contributed by atoms with E-state index in [4.69, 9.17) is 5.11 Å². The second-order valence-electron chi connectivity index (χ2n) is 5.73. The zero-order valence-electron chi connectivity index (χ0n) is 12.1. The number of phenolic OH excluding ortho intramolecular Hbond substituents is 1. The maximum atomic E-state index is 14.3. The van der Waals surface area contributed by atoms with E-state index in [2.05, 4.69) is 0 Å². The number of hydrogen-bond acceptors (Lipinski definition) is 3. The minimum Gasteiger partial charge on any atom is -0.505 e. The molecule has 116 valence electrons. The van der Waals surface area contributed by atoms with Crippen LogP contribution in [-0.2, 0) is 11.2 Å². The van der Waals surface area contributed by atoms with Gasteiger partial charge in [-0.3, -0.25) is 14.2 Å². The number of carboxylic acid groups (broad SMARTS) is 1. The van der Waals surface area contributed by atoms with Crippen LogP contribution in [0.2, 0.25) is 0 Å². The molecule has 5 nitrogen and oxygen atoms in total. The van der Waals surface area contributed by atoms with E-state index in [1.54, 1.807) is 6.92 Å². The Morgan fingerprint density at radius 2 is 2.05 bits per heavy atom. The Labute approximate surface area is 126 Å². The molecule has 0 saturated heterocycles. The highest BCUT2D eigenvalue weighted by atomic mass is 19.1. The lowest BCUT2D eigenvalue weighted by Crippen LogP contribution is -2.28. The Bertz CT molecular complexity index is 789. The average Bonchev–Trinajstić information content (AvgIpc) is 2.65. The highest BCUT2D eigenvalue weighted by Crippen LogP contribution is 2.36. The summed E-state index contributed by atoms with van der Waals surface area (Å²) in [5, 5.41) is 18.6. The summed E-state index contributed by atoms with van der Waals surface area (Å²) in [6.07, 6.45) is 2.19. The maximum absolute atomic E-state index is 14.3. The summed E-state index contributed by atoms with van der Waals surface area (Å²) in [4.78, 5) is 23.6. The Morgan fingerprint density at radius 1 is 1.36 bits per heavy atom. The van der Waals surface area contributed by atoms with Crippen molar-refractivity contribution in [2.75, 3.05) is 0 Å². The number of benzene rings is 1. The summed E-state index contributed by atoms with van der Waals surface area (Å²) in [6.45, 7) is 1.62. The summed E-state index contributed by atoms with van der Waals surface area (Å²) < 4.78 is 15.7. The molecular formula is C16H16FNO4. The van der Waals surface area contributed by atoms with Gasteiger partial charge in [0.2, 0.25) is 5.91 Å². The van der Waals surface area contributed by atoms with Crippen LogP contribution in [0.15, 0.2) is 12.1 Å². The predicted molar refractivity (Wildman–Crippen MR) is 77.6 cm³/mol. The van der Waals surface area contributed by atoms with Crippen LogP contribution >= 0.6 is 0 Å². The molecule has 0 bridgehead atoms. The van der Waals surface area contributed by atoms with Gasteiger partial charge in [0, 0.05) is 17.0 Å². The van der Waals surface area contributed by atoms with Crippen molar-refractivity contribution in [3.63, 3.8) is 0 Å². The monoisotopic (exact) mass is 305 g/mol. The molecule has 1 saturated carbocycles. The third kappa shape index (κ3) is 2.06. The van der Waals surface area contributed by atoms with E-state index in [-0.39, 0.29) is 22.8 Å². The average molecular weight is 305 g/mol. The molecular weight excluding hydrogens is 289 g/mol. The van der Waals surface area contributed by atoms with Crippen molar-refractivity contribution >= 4 is 22.8 Å². The second-order valence-corrected chi connectivity index (χ2v) is 5.73. The molecule has 3 rings (SSSR count). The van der Waals surface area contributed by atoms with Gasteiger partial charge in [0.25, 0.3) is 0 Å². The molecule has 1 heterocycles. The normalized spacial score (nSPS) is 15.0. The number of carbonyl (C=O) groups excluding carboxylic acids is 1. The SMILES string of the molecule is Cc1c(CC(=O)O)c2c(F)c(O)ccc2n1C(=O)C1CCC1. The van der Waals surface area contributed by atoms with E-state index in [0.29, 0.717) is 11.2 Å². The highest BCUT2D eigenvalue weighted by molar-refractivity contribution is 5.99. The first kappa shape index (κ1) is 14.6. The molecule has 22 heavy (non-hydrogen) atoms. The molecule has 1 aromatic carbocycles. The van der Waals surface area contributed by atoms with Crippen LogP contribution in [0.25, 0.3) is 10.9 Å². The van der Waals surface area contributed by atoms with Gasteiger partial charge in [-0.05, 0) is 37.5 Å². The topological polar surface area (TPSA) is 79.5 Å². The van der Waals surface area contributed by atoms with E-state index >= 15 is 0 Å². The van der Waals surface area contributed by atoms with Gasteiger partial charge in [-0.25, -0.2) is 4.39 Å². The number of hydrogen-bond donors (Lipinski definition) is 2. The Hall–Kier alpha value is -2.37. The second kappa shape index (κ2) is 5.12. The van der Waals surface area contributed by atoms with Crippen LogP contribution in [0, 0.1) is 18.7 Å². The standard InChI is InChI=1S/C16H16FNO4/c1-8-10(7-13(20)21)14-11(5-6-12(19)15(14)17)18(8)16(22)9-3-2-4-9/h5-6,9,19H,2-4,7H2,1H3,(H,20,21). The van der Waals surface area contributed by atoms with Crippen molar-refractivity contribution in [2.45, 2.75) is 32.6 Å². The molecule has 0 amide bonds. The summed E-state index contributed by atoms with van der Waals surface area (Å²) in [5.41, 5.74) is 0.989. The molecule has 0 radical (unpaired) electrons. The lowest BCUT2D eigenvalue weighted by atomic mass is 9.84. The number of aromatic hydroxyl groups is 1. The summed E-state index contributed by atoms with van der Waals surface area (Å²) in [6, 6.07) is 2.65. The number of nitrogens with zero attached hydrogens (tertiary/aromatic N) is 1. The minimum absolute atomic E-state index is 0.0209. The number of carbonyl (C=O) groups is 2. The molecule has 2 N–H and O–H groups in total. The number of aliphatic carboxylic acids is 1. The van der Waals surface area contributed by atoms with Gasteiger partial charge in [-0.15, -0.1) is 0 Å². The Kier molecular flexibility index (Phi) is 3.39. The Balaban J connectivity index is 2.28. The molecule has 0 spiro atoms. The predicted octanol–water partition coefficient (Wildman–Crippen LogP) is 2.86. The van der Waals surface area contributed by atoms with Crippen LogP contribution in [-0.4, -0.2) is 26.7 Å². The quantitative estimate of drug-likeness (QED) is 0.914. The third-order valence-corrected chi connectivity index (χ3v) is 4.42. The molecule has 1 aromatic heterocycles. The Morgan fingerprint density at radius 3 is 2.59 bits per heavy atom. The van der Waals surface area contributed by atoms with Crippen LogP contribution in [0.3, 0.4) is 0 Å². The fourth-order valence-corrected chi connectivity index (χ4v) is 3.01. The first-order valence-electron chi connectivity index (χ1n) is 7.19. The van der Waals surface area contributed by atoms with Crippen molar-refractivity contribution in [1.82, 2.24) is 4.57 Å². The number of carboxylic acids is 1. The number of aromatic nitrogens is 1. The largest absolute Gasteiger partial charge is 0.505 e. The van der Waals surface area contributed by atoms with Gasteiger partial charge in [0.05, 0.1) is 11.9 Å². The van der Waals surface area contributed by atoms with E-state index < -0.39 is 24.0 Å². The fraction of sp³-hybridized carbons (Fsp3) is 0.375. The van der Waals surface area contributed by atoms with Gasteiger partial charge in [0.1, 0.15) is 0 Å². The summed E-state index contributed by atoms with van der Waals surface area (Å²) in [7, 11) is 0. The number of fused-ring (bicyclic) bond motifs is 1. The van der Waals surface area contributed by atoms with Crippen molar-refractivity contribution in [3.8, 4) is 5.75 Å². The smallest absolute Gasteiger partial charge is 0.307 e. The number of phenols is 1. The first-order chi connectivity index (χ1) is 10.4. The third-order valence-electron chi connectivity index (χ3n) is 4.42. The molecule has 1 aliphatic carbocycles. The van der Waals surface area contributed by atoms with Gasteiger partial charge in [0.15, 0.2) is 11.6 Å². The molecule has 0 aliphatic heterocycles. The number of halogens is 1. The van der Waals surface area contributed by atoms with Crippen molar-refractivity contribution < 1.29 is 24.2 Å². The van der Waals surface area contributed by atoms with Gasteiger partial charge in [-0.1, -0.05) is 6.42 Å². The maximum Gasteiger partial charge on any atom is 0.307 e. The molecule has 1 aliphatic rings. The van der Waals surface area contributed by atoms with Gasteiger partial charge in [-0.2, -0.15) is 0 Å². The molecule has 0 atom stereocenters. The van der Waals surface area contributed by atoms with E-state index in [0.717, 1.165) is 19.3 Å². The first-order valence-corrected chi connectivity index (χ1v) is 7.19. The molecule has 6 heteroatoms. The summed E-state index contributed by atoms with van der Waals surface area (Å²) in [5.74, 6) is -2.76. The van der Waals surface area contributed by atoms with Crippen molar-refractivity contribution in [3.05, 3.63) is 29.2 Å². The van der Waals surface area contributed by atoms with E-state index in [9.17, 15) is 19.1 Å². The lowest BCUT2D eigenvalue weighted by molar-refractivity contribution is -0.136.